The lowest BCUT2D eigenvalue weighted by Gasteiger charge is -2.25. The Bertz CT molecular complexity index is 1460. The molecule has 1 unspecified atom stereocenters. The van der Waals surface area contributed by atoms with E-state index in [0.29, 0.717) is 36.6 Å². The van der Waals surface area contributed by atoms with Gasteiger partial charge >= 0.3 is 17.9 Å². The highest BCUT2D eigenvalue weighted by molar-refractivity contribution is 5.86. The van der Waals surface area contributed by atoms with E-state index in [-0.39, 0.29) is 50.2 Å². The third-order valence-electron chi connectivity index (χ3n) is 6.43. The van der Waals surface area contributed by atoms with E-state index < -0.39 is 24.0 Å². The number of nitrogens with two attached hydrogens (primary N) is 1. The van der Waals surface area contributed by atoms with Crippen molar-refractivity contribution in [2.45, 2.75) is 38.5 Å². The van der Waals surface area contributed by atoms with Crippen molar-refractivity contribution in [1.82, 2.24) is 9.55 Å². The molecular formula is C27H27N3O8. The molecule has 0 saturated heterocycles. The summed E-state index contributed by atoms with van der Waals surface area (Å²) in [5, 5.41) is 0.964. The first-order valence-electron chi connectivity index (χ1n) is 12.4. The number of hydrogen-bond donors (Lipinski definition) is 1. The van der Waals surface area contributed by atoms with Crippen LogP contribution in [0, 0.1) is 0 Å². The molecule has 2 aromatic heterocycles. The molecule has 198 valence electrons. The summed E-state index contributed by atoms with van der Waals surface area (Å²) in [7, 11) is 0. The van der Waals surface area contributed by atoms with Gasteiger partial charge in [0.15, 0.2) is 0 Å². The van der Waals surface area contributed by atoms with Gasteiger partial charge in [-0.1, -0.05) is 18.2 Å². The fourth-order valence-electron chi connectivity index (χ4n) is 4.61. The summed E-state index contributed by atoms with van der Waals surface area (Å²) in [5.74, 6) is -1.92. The molecule has 11 heteroatoms. The second-order valence-electron chi connectivity index (χ2n) is 9.00. The minimum atomic E-state index is -1.37. The van der Waals surface area contributed by atoms with E-state index >= 15 is 0 Å². The van der Waals surface area contributed by atoms with Crippen molar-refractivity contribution in [2.24, 2.45) is 5.73 Å². The summed E-state index contributed by atoms with van der Waals surface area (Å²) in [5.41, 5.74) is 8.45. The first-order valence-corrected chi connectivity index (χ1v) is 12.4. The average molecular weight is 522 g/mol. The van der Waals surface area contributed by atoms with E-state index in [1.807, 2.05) is 30.3 Å². The normalized spacial score (nSPS) is 15.4. The maximum absolute atomic E-state index is 13.3. The molecule has 1 atom stereocenters. The van der Waals surface area contributed by atoms with Crippen LogP contribution in [0.1, 0.15) is 42.1 Å². The number of nitrogens with zero attached hydrogens (tertiary/aromatic N) is 2. The number of rotatable bonds is 10. The number of hydrogen-bond acceptors (Lipinski definition) is 10. The summed E-state index contributed by atoms with van der Waals surface area (Å²) in [6.45, 7) is 1.26. The molecule has 0 radical (unpaired) electrons. The van der Waals surface area contributed by atoms with Crippen LogP contribution in [-0.2, 0) is 46.5 Å². The zero-order valence-electron chi connectivity index (χ0n) is 20.6. The largest absolute Gasteiger partial charge is 0.463 e. The monoisotopic (exact) mass is 521 g/mol. The minimum absolute atomic E-state index is 0.00293. The number of esters is 3. The molecule has 0 bridgehead atoms. The van der Waals surface area contributed by atoms with E-state index in [9.17, 15) is 19.2 Å². The van der Waals surface area contributed by atoms with Crippen LogP contribution >= 0.6 is 0 Å². The van der Waals surface area contributed by atoms with Crippen LogP contribution in [0.3, 0.4) is 0 Å². The van der Waals surface area contributed by atoms with Crippen LogP contribution in [0.25, 0.3) is 22.3 Å². The predicted octanol–water partition coefficient (Wildman–Crippen LogP) is 1.76. The molecule has 0 aliphatic carbocycles. The summed E-state index contributed by atoms with van der Waals surface area (Å²) in [6.07, 6.45) is -1.31. The highest BCUT2D eigenvalue weighted by Gasteiger charge is 2.37. The summed E-state index contributed by atoms with van der Waals surface area (Å²) < 4.78 is 22.4. The zero-order valence-corrected chi connectivity index (χ0v) is 20.6. The van der Waals surface area contributed by atoms with Crippen molar-refractivity contribution in [3.8, 4) is 11.4 Å². The van der Waals surface area contributed by atoms with Gasteiger partial charge in [0, 0.05) is 35.9 Å². The smallest absolute Gasteiger partial charge is 0.352 e. The third kappa shape index (κ3) is 5.15. The van der Waals surface area contributed by atoms with Crippen LogP contribution in [0.2, 0.25) is 0 Å². The molecule has 2 aliphatic rings. The number of carbonyl (C=O) groups is 3. The zero-order chi connectivity index (χ0) is 26.6. The van der Waals surface area contributed by atoms with Crippen LogP contribution in [0.5, 0.6) is 0 Å². The molecule has 0 spiro atoms. The highest BCUT2D eigenvalue weighted by Crippen LogP contribution is 2.36. The molecule has 2 N–H and O–H groups in total. The standard InChI is InChI=1S/C27H27N3O8/c28-8-9-35-10-11-36-22(31)6-3-7-23(32)38-25-18-13-21-24-17(12-16-4-1-2-5-20(16)29-24)14-30(21)26(33)19(18)15-37-27(25)34/h1-2,4-5,12-13,25H,3,6-11,14-15,28H2. The first kappa shape index (κ1) is 25.6. The van der Waals surface area contributed by atoms with Gasteiger partial charge in [0.1, 0.15) is 13.2 Å². The van der Waals surface area contributed by atoms with Gasteiger partial charge in [0.2, 0.25) is 6.10 Å². The molecule has 0 amide bonds. The van der Waals surface area contributed by atoms with Crippen molar-refractivity contribution >= 4 is 28.8 Å². The maximum atomic E-state index is 13.3. The first-order chi connectivity index (χ1) is 18.5. The van der Waals surface area contributed by atoms with E-state index in [2.05, 4.69) is 0 Å². The van der Waals surface area contributed by atoms with Gasteiger partial charge in [-0.2, -0.15) is 0 Å². The van der Waals surface area contributed by atoms with Gasteiger partial charge in [-0.3, -0.25) is 14.4 Å². The van der Waals surface area contributed by atoms with E-state index in [1.165, 1.54) is 0 Å². The Kier molecular flexibility index (Phi) is 7.47. The van der Waals surface area contributed by atoms with Gasteiger partial charge < -0.3 is 29.2 Å². The second-order valence-corrected chi connectivity index (χ2v) is 9.00. The van der Waals surface area contributed by atoms with E-state index in [0.717, 1.165) is 16.5 Å². The molecule has 3 aromatic rings. The van der Waals surface area contributed by atoms with Gasteiger partial charge in [-0.25, -0.2) is 9.78 Å². The number of fused-ring (bicyclic) bond motifs is 5. The number of cyclic esters (lactones) is 1. The second kappa shape index (κ2) is 11.1. The SMILES string of the molecule is NCCOCCOC(=O)CCCC(=O)OC1C(=O)OCc2c1cc1n(c2=O)Cc2cc3ccccc3nc2-1. The van der Waals surface area contributed by atoms with Crippen molar-refractivity contribution in [3.63, 3.8) is 0 Å². The number of ether oxygens (including phenoxy) is 4. The van der Waals surface area contributed by atoms with Gasteiger partial charge in [0.05, 0.1) is 42.2 Å². The molecule has 4 heterocycles. The Labute approximate surface area is 217 Å². The number of pyridine rings is 2. The van der Waals surface area contributed by atoms with Crippen LogP contribution in [0.15, 0.2) is 41.2 Å². The molecule has 0 saturated carbocycles. The summed E-state index contributed by atoms with van der Waals surface area (Å²) in [4.78, 5) is 55.0. The average Bonchev–Trinajstić information content (AvgIpc) is 3.26. The number of benzene rings is 1. The Morgan fingerprint density at radius 3 is 2.74 bits per heavy atom. The lowest BCUT2D eigenvalue weighted by molar-refractivity contribution is -0.171. The molecule has 5 rings (SSSR count). The van der Waals surface area contributed by atoms with Crippen LogP contribution in [0.4, 0.5) is 0 Å². The highest BCUT2D eigenvalue weighted by atomic mass is 16.6. The lowest BCUT2D eigenvalue weighted by atomic mass is 10.00. The fourth-order valence-corrected chi connectivity index (χ4v) is 4.61. The summed E-state index contributed by atoms with van der Waals surface area (Å²) >= 11 is 0. The molecule has 38 heavy (non-hydrogen) atoms. The molecule has 11 nitrogen and oxygen atoms in total. The van der Waals surface area contributed by atoms with Crippen molar-refractivity contribution < 1.29 is 33.3 Å². The summed E-state index contributed by atoms with van der Waals surface area (Å²) in [6, 6.07) is 11.3. The lowest BCUT2D eigenvalue weighted by Crippen LogP contribution is -2.34. The molecular weight excluding hydrogens is 494 g/mol. The van der Waals surface area contributed by atoms with Crippen molar-refractivity contribution in [2.75, 3.05) is 26.4 Å². The Hall–Kier alpha value is -4.09. The fraction of sp³-hybridized carbons (Fsp3) is 0.370. The maximum Gasteiger partial charge on any atom is 0.352 e. The van der Waals surface area contributed by atoms with Gasteiger partial charge in [0.25, 0.3) is 5.56 Å². The predicted molar refractivity (Wildman–Crippen MR) is 134 cm³/mol. The van der Waals surface area contributed by atoms with Crippen molar-refractivity contribution in [3.05, 3.63) is 63.4 Å². The van der Waals surface area contributed by atoms with Crippen molar-refractivity contribution in [1.29, 1.82) is 0 Å². The molecule has 1 aromatic carbocycles. The van der Waals surface area contributed by atoms with Crippen LogP contribution in [-0.4, -0.2) is 53.8 Å². The Morgan fingerprint density at radius 2 is 1.89 bits per heavy atom. The number of carbonyl (C=O) groups excluding carboxylic acids is 3. The van der Waals surface area contributed by atoms with E-state index in [1.54, 1.807) is 10.6 Å². The van der Waals surface area contributed by atoms with Gasteiger partial charge in [-0.05, 0) is 24.6 Å². The van der Waals surface area contributed by atoms with Crippen LogP contribution < -0.4 is 11.3 Å². The topological polar surface area (TPSA) is 149 Å². The Morgan fingerprint density at radius 1 is 1.08 bits per heavy atom. The van der Waals surface area contributed by atoms with Gasteiger partial charge in [-0.15, -0.1) is 0 Å². The Balaban J connectivity index is 1.28. The van der Waals surface area contributed by atoms with E-state index in [4.69, 9.17) is 29.7 Å². The number of para-hydroxylation sites is 1. The molecule has 0 fully saturated rings. The molecule has 2 aliphatic heterocycles. The number of aromatic nitrogens is 2. The minimum Gasteiger partial charge on any atom is -0.463 e. The third-order valence-corrected chi connectivity index (χ3v) is 6.43. The quantitative estimate of drug-likeness (QED) is 0.186.